The van der Waals surface area contributed by atoms with Crippen molar-refractivity contribution in [1.82, 2.24) is 20.0 Å². The summed E-state index contributed by atoms with van der Waals surface area (Å²) < 4.78 is 45.6. The second-order valence-electron chi connectivity index (χ2n) is 6.91. The summed E-state index contributed by atoms with van der Waals surface area (Å²) in [4.78, 5) is 16.6. The Morgan fingerprint density at radius 3 is 2.65 bits per heavy atom. The van der Waals surface area contributed by atoms with E-state index >= 15 is 0 Å². The number of pyridine rings is 1. The predicted molar refractivity (Wildman–Crippen MR) is 112 cm³/mol. The van der Waals surface area contributed by atoms with E-state index in [2.05, 4.69) is 25.3 Å². The number of carbonyl (C=O) groups excluding carboxylic acids is 1. The van der Waals surface area contributed by atoms with E-state index in [9.17, 15) is 17.6 Å². The molecule has 2 aromatic heterocycles. The predicted octanol–water partition coefficient (Wildman–Crippen LogP) is 3.01. The fourth-order valence-corrected chi connectivity index (χ4v) is 3.35. The van der Waals surface area contributed by atoms with E-state index in [0.29, 0.717) is 5.69 Å². The molecule has 12 heteroatoms. The molecule has 3 aromatic rings. The van der Waals surface area contributed by atoms with Crippen molar-refractivity contribution in [2.75, 3.05) is 16.3 Å². The quantitative estimate of drug-likeness (QED) is 0.593. The van der Waals surface area contributed by atoms with Gasteiger partial charge in [-0.1, -0.05) is 16.8 Å². The van der Waals surface area contributed by atoms with Crippen LogP contribution >= 0.6 is 0 Å². The highest BCUT2D eigenvalue weighted by Gasteiger charge is 2.20. The van der Waals surface area contributed by atoms with Crippen LogP contribution in [0, 0.1) is 12.7 Å². The number of amides is 1. The topological polar surface area (TPSA) is 128 Å². The number of ether oxygens (including phenoxy) is 1. The van der Waals surface area contributed by atoms with Gasteiger partial charge in [-0.05, 0) is 38.1 Å². The summed E-state index contributed by atoms with van der Waals surface area (Å²) in [6, 6.07) is 7.59. The zero-order valence-electron chi connectivity index (χ0n) is 17.2. The summed E-state index contributed by atoms with van der Waals surface area (Å²) >= 11 is 0. The first-order valence-electron chi connectivity index (χ1n) is 9.11. The van der Waals surface area contributed by atoms with Crippen molar-refractivity contribution in [2.24, 2.45) is 7.05 Å². The van der Waals surface area contributed by atoms with Gasteiger partial charge in [0.2, 0.25) is 10.0 Å². The van der Waals surface area contributed by atoms with Crippen LogP contribution in [0.3, 0.4) is 0 Å². The van der Waals surface area contributed by atoms with Crippen LogP contribution in [0.25, 0.3) is 11.4 Å². The molecule has 3 rings (SSSR count). The van der Waals surface area contributed by atoms with Gasteiger partial charge in [0, 0.05) is 12.6 Å². The number of hydrogen-bond donors (Lipinski definition) is 2. The van der Waals surface area contributed by atoms with Crippen LogP contribution in [0.5, 0.6) is 0 Å². The molecule has 1 amide bonds. The molecule has 0 aliphatic rings. The van der Waals surface area contributed by atoms with E-state index in [1.54, 1.807) is 26.1 Å². The molecule has 0 saturated carbocycles. The van der Waals surface area contributed by atoms with E-state index in [4.69, 9.17) is 4.74 Å². The lowest BCUT2D eigenvalue weighted by molar-refractivity contribution is 0.119. The third-order valence-electron chi connectivity index (χ3n) is 4.23. The van der Waals surface area contributed by atoms with Crippen molar-refractivity contribution in [2.45, 2.75) is 20.0 Å². The molecule has 0 fully saturated rings. The number of anilines is 2. The van der Waals surface area contributed by atoms with E-state index in [-0.39, 0.29) is 22.8 Å². The molecule has 1 atom stereocenters. The number of nitrogens with one attached hydrogen (secondary N) is 2. The van der Waals surface area contributed by atoms with Crippen LogP contribution in [-0.4, -0.2) is 40.7 Å². The number of rotatable bonds is 6. The number of sulfonamides is 1. The minimum absolute atomic E-state index is 0.207. The first-order valence-corrected chi connectivity index (χ1v) is 11.0. The average molecular weight is 448 g/mol. The summed E-state index contributed by atoms with van der Waals surface area (Å²) in [5.41, 5.74) is 1.97. The van der Waals surface area contributed by atoms with Crippen molar-refractivity contribution in [1.29, 1.82) is 0 Å². The normalized spacial score (nSPS) is 12.3. The number of nitrogens with zero attached hydrogens (tertiary/aromatic N) is 4. The van der Waals surface area contributed by atoms with Gasteiger partial charge < -0.3 is 4.74 Å². The van der Waals surface area contributed by atoms with Gasteiger partial charge in [-0.15, -0.1) is 5.10 Å². The van der Waals surface area contributed by atoms with Gasteiger partial charge in [0.25, 0.3) is 0 Å². The Morgan fingerprint density at radius 1 is 1.26 bits per heavy atom. The lowest BCUT2D eigenvalue weighted by Crippen LogP contribution is -2.19. The standard InChI is InChI=1S/C19H21FN6O4S/c1-11-5-7-15(20)14(9-11)12(2)30-19(27)22-18-17(23-25-26(18)3)16-8-6-13(10-21-16)24-31(4,28)29/h5-10,12,24H,1-4H3,(H,22,27)/t12-/m1/s1. The fourth-order valence-electron chi connectivity index (χ4n) is 2.80. The summed E-state index contributed by atoms with van der Waals surface area (Å²) in [7, 11) is -1.87. The Kier molecular flexibility index (Phi) is 6.20. The highest BCUT2D eigenvalue weighted by molar-refractivity contribution is 7.92. The smallest absolute Gasteiger partial charge is 0.413 e. The lowest BCUT2D eigenvalue weighted by Gasteiger charge is -2.16. The molecule has 0 aliphatic carbocycles. The van der Waals surface area contributed by atoms with Crippen LogP contribution in [0.2, 0.25) is 0 Å². The summed E-state index contributed by atoms with van der Waals surface area (Å²) in [6.45, 7) is 3.38. The molecule has 0 radical (unpaired) electrons. The molecule has 0 unspecified atom stereocenters. The number of aryl methyl sites for hydroxylation is 2. The molecule has 0 saturated heterocycles. The van der Waals surface area contributed by atoms with Crippen LogP contribution in [0.15, 0.2) is 36.5 Å². The van der Waals surface area contributed by atoms with Crippen molar-refractivity contribution in [3.05, 3.63) is 53.5 Å². The monoisotopic (exact) mass is 448 g/mol. The van der Waals surface area contributed by atoms with Gasteiger partial charge in [-0.2, -0.15) is 0 Å². The maximum absolute atomic E-state index is 14.0. The van der Waals surface area contributed by atoms with Crippen LogP contribution in [0.4, 0.5) is 20.7 Å². The van der Waals surface area contributed by atoms with Crippen LogP contribution in [0.1, 0.15) is 24.2 Å². The average Bonchev–Trinajstić information content (AvgIpc) is 3.03. The van der Waals surface area contributed by atoms with Crippen molar-refractivity contribution in [3.63, 3.8) is 0 Å². The molecule has 1 aromatic carbocycles. The molecule has 31 heavy (non-hydrogen) atoms. The fraction of sp³-hybridized carbons (Fsp3) is 0.263. The number of aromatic nitrogens is 4. The van der Waals surface area contributed by atoms with Gasteiger partial charge in [0.15, 0.2) is 11.5 Å². The number of halogens is 1. The highest BCUT2D eigenvalue weighted by atomic mass is 32.2. The number of hydrogen-bond acceptors (Lipinski definition) is 7. The Labute approximate surface area is 178 Å². The van der Waals surface area contributed by atoms with Crippen molar-refractivity contribution < 1.29 is 22.3 Å². The van der Waals surface area contributed by atoms with Crippen molar-refractivity contribution in [3.8, 4) is 11.4 Å². The molecule has 2 heterocycles. The van der Waals surface area contributed by atoms with E-state index in [1.165, 1.54) is 29.1 Å². The molecule has 0 spiro atoms. The molecular weight excluding hydrogens is 427 g/mol. The van der Waals surface area contributed by atoms with Gasteiger partial charge in [-0.3, -0.25) is 15.0 Å². The molecule has 2 N–H and O–H groups in total. The van der Waals surface area contributed by atoms with Gasteiger partial charge >= 0.3 is 6.09 Å². The SMILES string of the molecule is Cc1ccc(F)c([C@@H](C)OC(=O)Nc2c(-c3ccc(NS(C)(=O)=O)cn3)nnn2C)c1. The molecule has 0 aliphatic heterocycles. The van der Waals surface area contributed by atoms with E-state index in [0.717, 1.165) is 11.8 Å². The highest BCUT2D eigenvalue weighted by Crippen LogP contribution is 2.26. The minimum Gasteiger partial charge on any atom is -0.441 e. The Bertz CT molecular complexity index is 1210. The first-order chi connectivity index (χ1) is 14.5. The molecule has 164 valence electrons. The second kappa shape index (κ2) is 8.68. The lowest BCUT2D eigenvalue weighted by atomic mass is 10.1. The van der Waals surface area contributed by atoms with Crippen LogP contribution in [-0.2, 0) is 21.8 Å². The number of benzene rings is 1. The van der Waals surface area contributed by atoms with Gasteiger partial charge in [0.05, 0.1) is 23.8 Å². The Hall–Kier alpha value is -3.54. The zero-order valence-corrected chi connectivity index (χ0v) is 18.1. The van der Waals surface area contributed by atoms with Gasteiger partial charge in [-0.25, -0.2) is 22.3 Å². The maximum atomic E-state index is 14.0. The summed E-state index contributed by atoms with van der Waals surface area (Å²) in [6.07, 6.45) is 0.691. The Morgan fingerprint density at radius 2 is 2.00 bits per heavy atom. The first kappa shape index (κ1) is 22.2. The van der Waals surface area contributed by atoms with Gasteiger partial charge in [0.1, 0.15) is 11.9 Å². The summed E-state index contributed by atoms with van der Waals surface area (Å²) in [5, 5.41) is 10.4. The molecule has 0 bridgehead atoms. The third-order valence-corrected chi connectivity index (χ3v) is 4.84. The minimum atomic E-state index is -3.44. The number of carbonyl (C=O) groups is 1. The Balaban J connectivity index is 1.76. The largest absolute Gasteiger partial charge is 0.441 e. The molecule has 10 nitrogen and oxygen atoms in total. The zero-order chi connectivity index (χ0) is 22.8. The van der Waals surface area contributed by atoms with Crippen LogP contribution < -0.4 is 10.0 Å². The van der Waals surface area contributed by atoms with Crippen molar-refractivity contribution >= 4 is 27.6 Å². The molecular formula is C19H21FN6O4S. The maximum Gasteiger partial charge on any atom is 0.413 e. The third kappa shape index (κ3) is 5.54. The summed E-state index contributed by atoms with van der Waals surface area (Å²) in [5.74, 6) is -0.265. The second-order valence-corrected chi connectivity index (χ2v) is 8.66. The van der Waals surface area contributed by atoms with E-state index < -0.39 is 28.0 Å². The van der Waals surface area contributed by atoms with E-state index in [1.807, 2.05) is 6.92 Å².